The molecule has 0 rings (SSSR count). The summed E-state index contributed by atoms with van der Waals surface area (Å²) in [5, 5.41) is 18.7. The van der Waals surface area contributed by atoms with Gasteiger partial charge in [-0.05, 0) is 32.9 Å². The highest BCUT2D eigenvalue weighted by molar-refractivity contribution is 6.63. The summed E-state index contributed by atoms with van der Waals surface area (Å²) < 4.78 is 5.15. The SMILES string of the molecule is CC(O)C(C)(O)COCCC[Si](C)(O)O. The summed E-state index contributed by atoms with van der Waals surface area (Å²) in [5.74, 6) is 0. The Morgan fingerprint density at radius 3 is 2.33 bits per heavy atom. The second-order valence-electron chi connectivity index (χ2n) is 4.41. The van der Waals surface area contributed by atoms with Crippen molar-refractivity contribution in [2.45, 2.75) is 44.6 Å². The number of hydrogen-bond acceptors (Lipinski definition) is 5. The Labute approximate surface area is 91.6 Å². The predicted octanol–water partition coefficient (Wildman–Crippen LogP) is -0.418. The van der Waals surface area contributed by atoms with Crippen molar-refractivity contribution in [2.24, 2.45) is 0 Å². The summed E-state index contributed by atoms with van der Waals surface area (Å²) >= 11 is 0. The lowest BCUT2D eigenvalue weighted by atomic mass is 10.0. The average molecular weight is 238 g/mol. The summed E-state index contributed by atoms with van der Waals surface area (Å²) in [6.45, 7) is 4.83. The molecule has 0 saturated heterocycles. The highest BCUT2D eigenvalue weighted by Crippen LogP contribution is 2.11. The van der Waals surface area contributed by atoms with Crippen molar-refractivity contribution in [3.05, 3.63) is 0 Å². The van der Waals surface area contributed by atoms with Crippen LogP contribution >= 0.6 is 0 Å². The zero-order valence-corrected chi connectivity index (χ0v) is 10.6. The van der Waals surface area contributed by atoms with E-state index in [1.165, 1.54) is 20.4 Å². The first-order chi connectivity index (χ1) is 6.65. The smallest absolute Gasteiger partial charge is 0.329 e. The molecule has 6 heteroatoms. The van der Waals surface area contributed by atoms with Gasteiger partial charge in [0.05, 0.1) is 12.7 Å². The molecule has 0 aliphatic rings. The van der Waals surface area contributed by atoms with E-state index < -0.39 is 20.3 Å². The van der Waals surface area contributed by atoms with Gasteiger partial charge >= 0.3 is 8.56 Å². The molecule has 0 fully saturated rings. The molecule has 0 aromatic carbocycles. The topological polar surface area (TPSA) is 90.2 Å². The van der Waals surface area contributed by atoms with Crippen LogP contribution in [0.1, 0.15) is 20.3 Å². The fourth-order valence-electron chi connectivity index (χ4n) is 0.909. The number of rotatable bonds is 7. The molecule has 2 atom stereocenters. The van der Waals surface area contributed by atoms with E-state index in [2.05, 4.69) is 0 Å². The maximum Gasteiger partial charge on any atom is 0.329 e. The van der Waals surface area contributed by atoms with E-state index in [1.54, 1.807) is 0 Å². The zero-order chi connectivity index (χ0) is 12.1. The Kier molecular flexibility index (Phi) is 5.93. The molecule has 92 valence electrons. The summed E-state index contributed by atoms with van der Waals surface area (Å²) in [5.41, 5.74) is -1.25. The Balaban J connectivity index is 3.55. The van der Waals surface area contributed by atoms with Gasteiger partial charge in [0, 0.05) is 6.61 Å². The van der Waals surface area contributed by atoms with Gasteiger partial charge < -0.3 is 24.5 Å². The van der Waals surface area contributed by atoms with Crippen LogP contribution in [0.25, 0.3) is 0 Å². The molecule has 0 aliphatic heterocycles. The first kappa shape index (κ1) is 15.0. The standard InChI is InChI=1S/C9H22O5Si/c1-8(10)9(2,11)7-14-5-4-6-15(3,12)13/h8,10-13H,4-7H2,1-3H3. The lowest BCUT2D eigenvalue weighted by Crippen LogP contribution is -2.42. The highest BCUT2D eigenvalue weighted by Gasteiger charge is 2.27. The van der Waals surface area contributed by atoms with Crippen LogP contribution in [0.2, 0.25) is 12.6 Å². The van der Waals surface area contributed by atoms with E-state index in [0.717, 1.165) is 0 Å². The summed E-state index contributed by atoms with van der Waals surface area (Å²) in [6.07, 6.45) is -0.307. The van der Waals surface area contributed by atoms with Crippen LogP contribution in [-0.4, -0.2) is 53.3 Å². The molecule has 0 bridgehead atoms. The third-order valence-electron chi connectivity index (χ3n) is 2.23. The van der Waals surface area contributed by atoms with Crippen molar-refractivity contribution in [3.63, 3.8) is 0 Å². The van der Waals surface area contributed by atoms with Gasteiger partial charge in [-0.1, -0.05) is 0 Å². The van der Waals surface area contributed by atoms with Gasteiger partial charge in [-0.25, -0.2) is 0 Å². The maximum absolute atomic E-state index is 9.59. The van der Waals surface area contributed by atoms with E-state index >= 15 is 0 Å². The number of aliphatic hydroxyl groups is 2. The van der Waals surface area contributed by atoms with Crippen molar-refractivity contribution < 1.29 is 24.5 Å². The van der Waals surface area contributed by atoms with Crippen LogP contribution < -0.4 is 0 Å². The Morgan fingerprint density at radius 1 is 1.40 bits per heavy atom. The molecule has 0 aliphatic carbocycles. The molecule has 15 heavy (non-hydrogen) atoms. The van der Waals surface area contributed by atoms with Crippen LogP contribution in [0.15, 0.2) is 0 Å². The van der Waals surface area contributed by atoms with Gasteiger partial charge in [0.25, 0.3) is 0 Å². The third-order valence-corrected chi connectivity index (χ3v) is 3.53. The molecule has 0 spiro atoms. The lowest BCUT2D eigenvalue weighted by Gasteiger charge is -2.26. The molecule has 0 saturated carbocycles. The molecule has 0 heterocycles. The fourth-order valence-corrected chi connectivity index (χ4v) is 1.72. The molecule has 4 N–H and O–H groups in total. The average Bonchev–Trinajstić information content (AvgIpc) is 2.00. The first-order valence-corrected chi connectivity index (χ1v) is 7.68. The molecule has 0 aromatic rings. The van der Waals surface area contributed by atoms with E-state index in [1.807, 2.05) is 0 Å². The van der Waals surface area contributed by atoms with Crippen LogP contribution in [0.3, 0.4) is 0 Å². The first-order valence-electron chi connectivity index (χ1n) is 5.08. The Hall–Kier alpha value is 0.0169. The normalized spacial score (nSPS) is 18.6. The Bertz CT molecular complexity index is 176. The zero-order valence-electron chi connectivity index (χ0n) is 9.60. The summed E-state index contributed by atoms with van der Waals surface area (Å²) in [6, 6.07) is 0.351. The van der Waals surface area contributed by atoms with Crippen molar-refractivity contribution in [1.82, 2.24) is 0 Å². The molecular formula is C9H22O5Si. The molecule has 0 aromatic heterocycles. The summed E-state index contributed by atoms with van der Waals surface area (Å²) in [7, 11) is -2.97. The quantitative estimate of drug-likeness (QED) is 0.357. The van der Waals surface area contributed by atoms with Crippen LogP contribution in [-0.2, 0) is 4.74 Å². The number of hydrogen-bond donors (Lipinski definition) is 4. The second-order valence-corrected chi connectivity index (χ2v) is 7.34. The minimum Gasteiger partial charge on any atom is -0.411 e. The molecule has 5 nitrogen and oxygen atoms in total. The largest absolute Gasteiger partial charge is 0.411 e. The van der Waals surface area contributed by atoms with Crippen LogP contribution in [0, 0.1) is 0 Å². The van der Waals surface area contributed by atoms with E-state index in [0.29, 0.717) is 19.1 Å². The number of ether oxygens (including phenoxy) is 1. The van der Waals surface area contributed by atoms with E-state index in [9.17, 15) is 5.11 Å². The van der Waals surface area contributed by atoms with Crippen LogP contribution in [0.5, 0.6) is 0 Å². The fraction of sp³-hybridized carbons (Fsp3) is 1.00. The molecule has 2 unspecified atom stereocenters. The molecular weight excluding hydrogens is 216 g/mol. The maximum atomic E-state index is 9.59. The van der Waals surface area contributed by atoms with Gasteiger partial charge in [-0.2, -0.15) is 0 Å². The van der Waals surface area contributed by atoms with Gasteiger partial charge in [-0.3, -0.25) is 0 Å². The van der Waals surface area contributed by atoms with Crippen molar-refractivity contribution in [2.75, 3.05) is 13.2 Å². The third kappa shape index (κ3) is 7.89. The van der Waals surface area contributed by atoms with E-state index in [-0.39, 0.29) is 6.61 Å². The summed E-state index contributed by atoms with van der Waals surface area (Å²) in [4.78, 5) is 18.2. The van der Waals surface area contributed by atoms with Gasteiger partial charge in [0.2, 0.25) is 0 Å². The van der Waals surface area contributed by atoms with Crippen molar-refractivity contribution >= 4 is 8.56 Å². The van der Waals surface area contributed by atoms with Crippen molar-refractivity contribution in [3.8, 4) is 0 Å². The van der Waals surface area contributed by atoms with E-state index in [4.69, 9.17) is 19.4 Å². The highest BCUT2D eigenvalue weighted by atomic mass is 28.4. The number of aliphatic hydroxyl groups excluding tert-OH is 1. The molecule has 0 radical (unpaired) electrons. The minimum atomic E-state index is -2.97. The van der Waals surface area contributed by atoms with Gasteiger partial charge in [0.15, 0.2) is 0 Å². The van der Waals surface area contributed by atoms with Gasteiger partial charge in [0.1, 0.15) is 5.60 Å². The predicted molar refractivity (Wildman–Crippen MR) is 58.6 cm³/mol. The van der Waals surface area contributed by atoms with Crippen LogP contribution in [0.4, 0.5) is 0 Å². The van der Waals surface area contributed by atoms with Gasteiger partial charge in [-0.15, -0.1) is 0 Å². The van der Waals surface area contributed by atoms with Crippen molar-refractivity contribution in [1.29, 1.82) is 0 Å². The monoisotopic (exact) mass is 238 g/mol. The lowest BCUT2D eigenvalue weighted by molar-refractivity contribution is -0.102. The Morgan fingerprint density at radius 2 is 1.93 bits per heavy atom. The molecule has 0 amide bonds. The second kappa shape index (κ2) is 5.93. The minimum absolute atomic E-state index is 0.0415.